The highest BCUT2D eigenvalue weighted by Gasteiger charge is 2.44. The summed E-state index contributed by atoms with van der Waals surface area (Å²) >= 11 is 1.22. The smallest absolute Gasteiger partial charge is 0.167 e. The van der Waals surface area contributed by atoms with Crippen molar-refractivity contribution in [3.8, 4) is 0 Å². The van der Waals surface area contributed by atoms with E-state index in [4.69, 9.17) is 4.74 Å². The van der Waals surface area contributed by atoms with Crippen molar-refractivity contribution in [1.82, 2.24) is 19.5 Å². The van der Waals surface area contributed by atoms with Gasteiger partial charge in [-0.15, -0.1) is 11.8 Å². The van der Waals surface area contributed by atoms with E-state index >= 15 is 0 Å². The maximum Gasteiger partial charge on any atom is 0.167 e. The lowest BCUT2D eigenvalue weighted by molar-refractivity contribution is -0.0289. The van der Waals surface area contributed by atoms with Gasteiger partial charge in [0, 0.05) is 10.6 Å². The van der Waals surface area contributed by atoms with Crippen LogP contribution in [0.4, 0.5) is 10.2 Å². The highest BCUT2D eigenvalue weighted by atomic mass is 32.2. The van der Waals surface area contributed by atoms with E-state index in [1.165, 1.54) is 30.5 Å². The number of aromatic nitrogens is 4. The molecule has 6 atom stereocenters. The van der Waals surface area contributed by atoms with Crippen LogP contribution < -0.4 is 5.32 Å². The molecular weight excluding hydrogens is 437 g/mol. The van der Waals surface area contributed by atoms with Gasteiger partial charge < -0.3 is 25.4 Å². The van der Waals surface area contributed by atoms with Crippen molar-refractivity contribution in [3.63, 3.8) is 0 Å². The molecule has 0 radical (unpaired) electrons. The number of imidazole rings is 1. The molecule has 170 valence electrons. The van der Waals surface area contributed by atoms with Gasteiger partial charge in [-0.1, -0.05) is 12.1 Å². The van der Waals surface area contributed by atoms with Crippen molar-refractivity contribution in [3.05, 3.63) is 42.7 Å². The van der Waals surface area contributed by atoms with Gasteiger partial charge in [0.2, 0.25) is 0 Å². The lowest BCUT2D eigenvalue weighted by atomic mass is 10.1. The molecule has 1 aromatic carbocycles. The highest BCUT2D eigenvalue weighted by Crippen LogP contribution is 2.35. The number of ether oxygens (including phenoxy) is 1. The number of benzene rings is 1. The molecule has 2 fully saturated rings. The molecule has 32 heavy (non-hydrogen) atoms. The van der Waals surface area contributed by atoms with Crippen LogP contribution in [0.5, 0.6) is 0 Å². The molecule has 5 rings (SSSR count). The van der Waals surface area contributed by atoms with E-state index in [0.717, 1.165) is 19.3 Å². The van der Waals surface area contributed by atoms with Crippen molar-refractivity contribution in [2.24, 2.45) is 0 Å². The lowest BCUT2D eigenvalue weighted by Gasteiger charge is -2.18. The van der Waals surface area contributed by atoms with Crippen LogP contribution in [0.25, 0.3) is 11.2 Å². The number of fused-ring (bicyclic) bond motifs is 1. The Kier molecular flexibility index (Phi) is 5.99. The quantitative estimate of drug-likeness (QED) is 0.406. The number of aliphatic hydroxyl groups is 3. The molecule has 0 amide bonds. The number of thioether (sulfide) groups is 1. The van der Waals surface area contributed by atoms with Crippen LogP contribution in [0.15, 0.2) is 41.8 Å². The molecule has 3 heterocycles. The predicted octanol–water partition coefficient (Wildman–Crippen LogP) is 1.70. The maximum absolute atomic E-state index is 13.9. The van der Waals surface area contributed by atoms with E-state index in [9.17, 15) is 19.7 Å². The molecule has 1 aliphatic carbocycles. The van der Waals surface area contributed by atoms with E-state index in [0.29, 0.717) is 21.9 Å². The lowest BCUT2D eigenvalue weighted by Crippen LogP contribution is -2.32. The zero-order chi connectivity index (χ0) is 22.2. The SMILES string of the molecule is O[C@@H]1[C@@H](CSc2ccccc2F)OC(n2cnc3c(N[C@@H]4CCC[C@H]4O)ncnc32)[C@@H]1O. The molecule has 11 heteroatoms. The number of rotatable bonds is 6. The second kappa shape index (κ2) is 8.91. The molecule has 1 unspecified atom stereocenters. The number of hydrogen-bond donors (Lipinski definition) is 4. The number of anilines is 1. The third-order valence-electron chi connectivity index (χ3n) is 6.01. The van der Waals surface area contributed by atoms with E-state index in [-0.39, 0.29) is 17.6 Å². The number of nitrogens with zero attached hydrogens (tertiary/aromatic N) is 4. The number of halogens is 1. The van der Waals surface area contributed by atoms with Crippen molar-refractivity contribution in [2.75, 3.05) is 11.1 Å². The van der Waals surface area contributed by atoms with Gasteiger partial charge in [0.15, 0.2) is 23.2 Å². The Morgan fingerprint density at radius 1 is 1.12 bits per heavy atom. The van der Waals surface area contributed by atoms with Crippen LogP contribution in [0, 0.1) is 5.82 Å². The molecule has 1 saturated heterocycles. The van der Waals surface area contributed by atoms with Crippen molar-refractivity contribution in [2.45, 2.75) is 60.8 Å². The Hall–Kier alpha value is -2.31. The van der Waals surface area contributed by atoms with Crippen LogP contribution >= 0.6 is 11.8 Å². The standard InChI is InChI=1S/C21H24FN5O4S/c22-11-4-1-2-7-15(11)32-8-14-17(29)18(30)21(31-14)27-10-25-16-19(23-9-24-20(16)27)26-12-5-3-6-13(12)28/h1-2,4,7,9-10,12-14,17-18,21,28-30H,3,5-6,8H2,(H,23,24,26)/t12-,13-,14-,17-,18-,21?/m1/s1. The van der Waals surface area contributed by atoms with Crippen LogP contribution in [0.1, 0.15) is 25.5 Å². The van der Waals surface area contributed by atoms with Gasteiger partial charge in [-0.3, -0.25) is 4.57 Å². The summed E-state index contributed by atoms with van der Waals surface area (Å²) < 4.78 is 21.4. The summed E-state index contributed by atoms with van der Waals surface area (Å²) in [4.78, 5) is 13.4. The third kappa shape index (κ3) is 3.95. The summed E-state index contributed by atoms with van der Waals surface area (Å²) in [6, 6.07) is 6.28. The molecule has 1 aliphatic heterocycles. The summed E-state index contributed by atoms with van der Waals surface area (Å²) in [6.45, 7) is 0. The van der Waals surface area contributed by atoms with Gasteiger partial charge in [-0.25, -0.2) is 19.3 Å². The van der Waals surface area contributed by atoms with Gasteiger partial charge in [0.1, 0.15) is 24.4 Å². The molecular formula is C21H24FN5O4S. The van der Waals surface area contributed by atoms with Gasteiger partial charge in [-0.05, 0) is 31.4 Å². The molecule has 2 aromatic heterocycles. The Balaban J connectivity index is 1.34. The van der Waals surface area contributed by atoms with Gasteiger partial charge in [-0.2, -0.15) is 0 Å². The zero-order valence-electron chi connectivity index (χ0n) is 17.1. The average Bonchev–Trinajstić information content (AvgIpc) is 3.47. The Labute approximate surface area is 187 Å². The number of nitrogens with one attached hydrogen (secondary N) is 1. The Bertz CT molecular complexity index is 1100. The fourth-order valence-electron chi connectivity index (χ4n) is 4.26. The van der Waals surface area contributed by atoms with Crippen molar-refractivity contribution in [1.29, 1.82) is 0 Å². The first-order valence-electron chi connectivity index (χ1n) is 10.5. The highest BCUT2D eigenvalue weighted by molar-refractivity contribution is 7.99. The minimum atomic E-state index is -1.21. The summed E-state index contributed by atoms with van der Waals surface area (Å²) in [5.74, 6) is 0.426. The van der Waals surface area contributed by atoms with Crippen LogP contribution in [-0.4, -0.2) is 71.0 Å². The van der Waals surface area contributed by atoms with Crippen molar-refractivity contribution >= 4 is 28.7 Å². The summed E-state index contributed by atoms with van der Waals surface area (Å²) in [5, 5.41) is 34.5. The molecule has 0 bridgehead atoms. The molecule has 1 saturated carbocycles. The predicted molar refractivity (Wildman–Crippen MR) is 116 cm³/mol. The summed E-state index contributed by atoms with van der Waals surface area (Å²) in [5.41, 5.74) is 0.926. The largest absolute Gasteiger partial charge is 0.391 e. The number of hydrogen-bond acceptors (Lipinski definition) is 9. The Morgan fingerprint density at radius 3 is 2.75 bits per heavy atom. The topological polar surface area (TPSA) is 126 Å². The third-order valence-corrected chi connectivity index (χ3v) is 7.15. The molecule has 4 N–H and O–H groups in total. The molecule has 3 aromatic rings. The minimum Gasteiger partial charge on any atom is -0.391 e. The van der Waals surface area contributed by atoms with Gasteiger partial charge >= 0.3 is 0 Å². The van der Waals surface area contributed by atoms with E-state index < -0.39 is 30.6 Å². The van der Waals surface area contributed by atoms with Crippen LogP contribution in [0.2, 0.25) is 0 Å². The Morgan fingerprint density at radius 2 is 1.97 bits per heavy atom. The maximum atomic E-state index is 13.9. The molecule has 9 nitrogen and oxygen atoms in total. The molecule has 0 spiro atoms. The van der Waals surface area contributed by atoms with E-state index in [1.807, 2.05) is 0 Å². The normalized spacial score (nSPS) is 30.2. The second-order valence-corrected chi connectivity index (χ2v) is 9.14. The van der Waals surface area contributed by atoms with Crippen molar-refractivity contribution < 1.29 is 24.4 Å². The average molecular weight is 462 g/mol. The van der Waals surface area contributed by atoms with Crippen LogP contribution in [-0.2, 0) is 4.74 Å². The first-order valence-corrected chi connectivity index (χ1v) is 11.5. The monoisotopic (exact) mass is 461 g/mol. The van der Waals surface area contributed by atoms with Crippen LogP contribution in [0.3, 0.4) is 0 Å². The fraction of sp³-hybridized carbons (Fsp3) is 0.476. The minimum absolute atomic E-state index is 0.104. The van der Waals surface area contributed by atoms with Gasteiger partial charge in [0.25, 0.3) is 0 Å². The summed E-state index contributed by atoms with van der Waals surface area (Å²) in [6.07, 6.45) is 0.990. The first kappa shape index (κ1) is 21.5. The number of aliphatic hydroxyl groups excluding tert-OH is 3. The van der Waals surface area contributed by atoms with E-state index in [1.54, 1.807) is 22.8 Å². The van der Waals surface area contributed by atoms with E-state index in [2.05, 4.69) is 20.3 Å². The second-order valence-electron chi connectivity index (χ2n) is 8.08. The molecule has 2 aliphatic rings. The zero-order valence-corrected chi connectivity index (χ0v) is 17.9. The fourth-order valence-corrected chi connectivity index (χ4v) is 5.26. The van der Waals surface area contributed by atoms with Gasteiger partial charge in [0.05, 0.1) is 24.6 Å². The first-order chi connectivity index (χ1) is 15.5. The summed E-state index contributed by atoms with van der Waals surface area (Å²) in [7, 11) is 0.